The molecule has 1 aromatic heterocycles. The Morgan fingerprint density at radius 3 is 2.75 bits per heavy atom. The number of rotatable bonds is 5. The van der Waals surface area contributed by atoms with Gasteiger partial charge >= 0.3 is 0 Å². The second-order valence-corrected chi connectivity index (χ2v) is 4.67. The monoisotopic (exact) mass is 280 g/mol. The second-order valence-electron chi connectivity index (χ2n) is 4.67. The molecule has 0 saturated carbocycles. The van der Waals surface area contributed by atoms with Gasteiger partial charge in [-0.3, -0.25) is 4.98 Å². The van der Waals surface area contributed by atoms with E-state index in [1.54, 1.807) is 12.3 Å². The highest BCUT2D eigenvalue weighted by Crippen LogP contribution is 2.20. The average molecular weight is 280 g/mol. The molecule has 1 saturated heterocycles. The Labute approximate surface area is 117 Å². The SMILES string of the molecule is N/C(=N/O)c1ccc(N2CCC(OCCO)CC2)cn1. The first-order valence-corrected chi connectivity index (χ1v) is 6.66. The maximum atomic E-state index is 8.74. The number of aliphatic hydroxyl groups excluding tert-OH is 1. The number of hydrogen-bond acceptors (Lipinski definition) is 6. The molecular weight excluding hydrogens is 260 g/mol. The fraction of sp³-hybridized carbons (Fsp3) is 0.538. The quantitative estimate of drug-likeness (QED) is 0.307. The van der Waals surface area contributed by atoms with E-state index in [2.05, 4.69) is 15.0 Å². The number of anilines is 1. The Morgan fingerprint density at radius 1 is 1.45 bits per heavy atom. The fourth-order valence-electron chi connectivity index (χ4n) is 2.28. The lowest BCUT2D eigenvalue weighted by atomic mass is 10.1. The zero-order valence-corrected chi connectivity index (χ0v) is 11.3. The van der Waals surface area contributed by atoms with Crippen LogP contribution in [0.5, 0.6) is 0 Å². The van der Waals surface area contributed by atoms with Crippen LogP contribution in [0.15, 0.2) is 23.5 Å². The first-order chi connectivity index (χ1) is 9.74. The van der Waals surface area contributed by atoms with Crippen LogP contribution in [-0.4, -0.2) is 53.5 Å². The number of piperidine rings is 1. The third kappa shape index (κ3) is 3.58. The summed E-state index contributed by atoms with van der Waals surface area (Å²) >= 11 is 0. The molecule has 2 heterocycles. The van der Waals surface area contributed by atoms with Crippen LogP contribution in [0.2, 0.25) is 0 Å². The predicted molar refractivity (Wildman–Crippen MR) is 75.0 cm³/mol. The number of amidine groups is 1. The first-order valence-electron chi connectivity index (χ1n) is 6.66. The molecule has 0 bridgehead atoms. The van der Waals surface area contributed by atoms with Crippen LogP contribution in [-0.2, 0) is 4.74 Å². The van der Waals surface area contributed by atoms with E-state index in [9.17, 15) is 0 Å². The first kappa shape index (κ1) is 14.5. The van der Waals surface area contributed by atoms with Crippen LogP contribution in [0.1, 0.15) is 18.5 Å². The van der Waals surface area contributed by atoms with E-state index in [0.717, 1.165) is 31.6 Å². The van der Waals surface area contributed by atoms with Gasteiger partial charge in [0.25, 0.3) is 0 Å². The Hall–Kier alpha value is -1.86. The minimum atomic E-state index is 0.00709. The normalized spacial score (nSPS) is 17.4. The van der Waals surface area contributed by atoms with Gasteiger partial charge in [0.2, 0.25) is 0 Å². The van der Waals surface area contributed by atoms with E-state index in [0.29, 0.717) is 12.3 Å². The molecule has 110 valence electrons. The zero-order chi connectivity index (χ0) is 14.4. The molecule has 7 nitrogen and oxygen atoms in total. The molecule has 1 aliphatic rings. The molecule has 0 amide bonds. The van der Waals surface area contributed by atoms with Crippen LogP contribution >= 0.6 is 0 Å². The summed E-state index contributed by atoms with van der Waals surface area (Å²) in [6, 6.07) is 3.65. The van der Waals surface area contributed by atoms with Gasteiger partial charge in [0.15, 0.2) is 5.84 Å². The van der Waals surface area contributed by atoms with Crippen LogP contribution in [0.3, 0.4) is 0 Å². The van der Waals surface area contributed by atoms with Crippen molar-refractivity contribution in [3.05, 3.63) is 24.0 Å². The van der Waals surface area contributed by atoms with Crippen molar-refractivity contribution in [2.75, 3.05) is 31.2 Å². The summed E-state index contributed by atoms with van der Waals surface area (Å²) in [6.45, 7) is 2.25. The Morgan fingerprint density at radius 2 is 2.20 bits per heavy atom. The molecule has 4 N–H and O–H groups in total. The second kappa shape index (κ2) is 7.06. The third-order valence-corrected chi connectivity index (χ3v) is 3.37. The van der Waals surface area contributed by atoms with Crippen LogP contribution in [0.4, 0.5) is 5.69 Å². The van der Waals surface area contributed by atoms with E-state index in [-0.39, 0.29) is 18.5 Å². The summed E-state index contributed by atoms with van der Waals surface area (Å²) in [7, 11) is 0. The average Bonchev–Trinajstić information content (AvgIpc) is 2.53. The standard InChI is InChI=1S/C13H20N4O3/c14-13(16-19)12-2-1-10(9-15-12)17-5-3-11(4-6-17)20-8-7-18/h1-2,9,11,18-19H,3-8H2,(H2,14,16). The molecule has 20 heavy (non-hydrogen) atoms. The molecule has 2 rings (SSSR count). The highest BCUT2D eigenvalue weighted by molar-refractivity contribution is 5.95. The maximum absolute atomic E-state index is 8.74. The number of aliphatic hydroxyl groups is 1. The van der Waals surface area contributed by atoms with Gasteiger partial charge in [-0.05, 0) is 25.0 Å². The largest absolute Gasteiger partial charge is 0.409 e. The van der Waals surface area contributed by atoms with Gasteiger partial charge in [0.05, 0.1) is 31.2 Å². The van der Waals surface area contributed by atoms with E-state index in [4.69, 9.17) is 20.8 Å². The summed E-state index contributed by atoms with van der Waals surface area (Å²) in [5, 5.41) is 20.2. The lowest BCUT2D eigenvalue weighted by molar-refractivity contribution is 0.0159. The predicted octanol–water partition coefficient (Wildman–Crippen LogP) is 0.154. The van der Waals surface area contributed by atoms with Crippen molar-refractivity contribution < 1.29 is 15.1 Å². The number of aromatic nitrogens is 1. The summed E-state index contributed by atoms with van der Waals surface area (Å²) in [5.74, 6) is 0.00709. The molecule has 1 aliphatic heterocycles. The lowest BCUT2D eigenvalue weighted by Crippen LogP contribution is -2.37. The molecule has 1 fully saturated rings. The molecule has 0 aliphatic carbocycles. The maximum Gasteiger partial charge on any atom is 0.188 e. The van der Waals surface area contributed by atoms with E-state index in [1.165, 1.54) is 0 Å². The highest BCUT2D eigenvalue weighted by atomic mass is 16.5. The molecule has 7 heteroatoms. The van der Waals surface area contributed by atoms with Crippen LogP contribution < -0.4 is 10.6 Å². The van der Waals surface area contributed by atoms with Crippen molar-refractivity contribution in [2.24, 2.45) is 10.9 Å². The zero-order valence-electron chi connectivity index (χ0n) is 11.3. The number of hydrogen-bond donors (Lipinski definition) is 3. The van der Waals surface area contributed by atoms with Gasteiger partial charge in [0.1, 0.15) is 5.69 Å². The van der Waals surface area contributed by atoms with Gasteiger partial charge in [-0.25, -0.2) is 0 Å². The Bertz CT molecular complexity index is 441. The molecule has 1 aromatic rings. The number of pyridine rings is 1. The van der Waals surface area contributed by atoms with Gasteiger partial charge in [-0.15, -0.1) is 0 Å². The highest BCUT2D eigenvalue weighted by Gasteiger charge is 2.20. The Balaban J connectivity index is 1.90. The number of nitrogens with zero attached hydrogens (tertiary/aromatic N) is 3. The minimum Gasteiger partial charge on any atom is -0.409 e. The number of ether oxygens (including phenoxy) is 1. The molecule has 0 unspecified atom stereocenters. The van der Waals surface area contributed by atoms with Gasteiger partial charge in [-0.2, -0.15) is 0 Å². The van der Waals surface area contributed by atoms with Gasteiger partial charge in [0, 0.05) is 13.1 Å². The molecule has 0 radical (unpaired) electrons. The fourth-order valence-corrected chi connectivity index (χ4v) is 2.28. The van der Waals surface area contributed by atoms with Crippen molar-refractivity contribution >= 4 is 11.5 Å². The van der Waals surface area contributed by atoms with Crippen molar-refractivity contribution in [1.82, 2.24) is 4.98 Å². The van der Waals surface area contributed by atoms with Gasteiger partial charge < -0.3 is 25.7 Å². The van der Waals surface area contributed by atoms with Crippen molar-refractivity contribution in [3.8, 4) is 0 Å². The van der Waals surface area contributed by atoms with Crippen molar-refractivity contribution in [1.29, 1.82) is 0 Å². The summed E-state index contributed by atoms with van der Waals surface area (Å²) in [5.41, 5.74) is 6.94. The topological polar surface area (TPSA) is 104 Å². The summed E-state index contributed by atoms with van der Waals surface area (Å²) in [4.78, 5) is 6.40. The lowest BCUT2D eigenvalue weighted by Gasteiger charge is -2.33. The van der Waals surface area contributed by atoms with E-state index >= 15 is 0 Å². The minimum absolute atomic E-state index is 0.00709. The summed E-state index contributed by atoms with van der Waals surface area (Å²) in [6.07, 6.45) is 3.81. The Kier molecular flexibility index (Phi) is 5.14. The van der Waals surface area contributed by atoms with Gasteiger partial charge in [-0.1, -0.05) is 5.16 Å². The molecule has 0 aromatic carbocycles. The van der Waals surface area contributed by atoms with Crippen molar-refractivity contribution in [3.63, 3.8) is 0 Å². The third-order valence-electron chi connectivity index (χ3n) is 3.37. The molecular formula is C13H20N4O3. The molecule has 0 spiro atoms. The van der Waals surface area contributed by atoms with E-state index < -0.39 is 0 Å². The number of nitrogens with two attached hydrogens (primary N) is 1. The summed E-state index contributed by atoms with van der Waals surface area (Å²) < 4.78 is 5.53. The smallest absolute Gasteiger partial charge is 0.188 e. The van der Waals surface area contributed by atoms with E-state index in [1.807, 2.05) is 6.07 Å². The molecule has 0 atom stereocenters. The van der Waals surface area contributed by atoms with Crippen molar-refractivity contribution in [2.45, 2.75) is 18.9 Å². The van der Waals surface area contributed by atoms with Crippen LogP contribution in [0, 0.1) is 0 Å². The number of oxime groups is 1. The van der Waals surface area contributed by atoms with Crippen LogP contribution in [0.25, 0.3) is 0 Å².